The van der Waals surface area contributed by atoms with E-state index < -0.39 is 5.97 Å². The van der Waals surface area contributed by atoms with Crippen molar-refractivity contribution in [1.82, 2.24) is 4.98 Å². The van der Waals surface area contributed by atoms with Gasteiger partial charge in [0, 0.05) is 12.5 Å². The van der Waals surface area contributed by atoms with Gasteiger partial charge in [-0.15, -0.1) is 11.3 Å². The fraction of sp³-hybridized carbons (Fsp3) is 0.214. The van der Waals surface area contributed by atoms with E-state index in [4.69, 9.17) is 4.74 Å². The number of rotatable bonds is 4. The van der Waals surface area contributed by atoms with E-state index in [1.54, 1.807) is 19.1 Å². The summed E-state index contributed by atoms with van der Waals surface area (Å²) in [6, 6.07) is 6.48. The number of ketones is 1. The highest BCUT2D eigenvalue weighted by molar-refractivity contribution is 7.17. The minimum atomic E-state index is -0.611. The molecule has 1 N–H and O–H groups in total. The number of nitrogens with zero attached hydrogens (tertiary/aromatic N) is 1. The first kappa shape index (κ1) is 14.2. The lowest BCUT2D eigenvalue weighted by atomic mass is 10.2. The Kier molecular flexibility index (Phi) is 4.14. The largest absolute Gasteiger partial charge is 0.508 e. The molecule has 5 nitrogen and oxygen atoms in total. The van der Waals surface area contributed by atoms with E-state index in [-0.39, 0.29) is 28.7 Å². The highest BCUT2D eigenvalue weighted by Crippen LogP contribution is 2.30. The number of esters is 1. The first-order chi connectivity index (χ1) is 9.52. The molecule has 6 heteroatoms. The number of ether oxygens (including phenoxy) is 1. The molecule has 0 saturated heterocycles. The Morgan fingerprint density at radius 2 is 2.15 bits per heavy atom. The van der Waals surface area contributed by atoms with Crippen LogP contribution >= 0.6 is 11.3 Å². The number of carbonyl (C=O) groups is 2. The van der Waals surface area contributed by atoms with Crippen molar-refractivity contribution in [3.63, 3.8) is 0 Å². The molecule has 0 fully saturated rings. The van der Waals surface area contributed by atoms with Crippen molar-refractivity contribution in [1.29, 1.82) is 0 Å². The second-order valence-electron chi connectivity index (χ2n) is 4.02. The molecular formula is C14H13NO4S. The molecule has 0 aliphatic heterocycles. The number of benzene rings is 1. The third-order valence-corrected chi connectivity index (χ3v) is 3.71. The van der Waals surface area contributed by atoms with E-state index in [1.165, 1.54) is 19.1 Å². The molecule has 2 aromatic rings. The van der Waals surface area contributed by atoms with Crippen molar-refractivity contribution in [2.24, 2.45) is 0 Å². The van der Waals surface area contributed by atoms with Gasteiger partial charge < -0.3 is 9.84 Å². The van der Waals surface area contributed by atoms with Crippen LogP contribution in [0.2, 0.25) is 0 Å². The third kappa shape index (κ3) is 2.85. The molecule has 0 aliphatic rings. The molecule has 0 aliphatic carbocycles. The minimum Gasteiger partial charge on any atom is -0.508 e. The molecule has 0 radical (unpaired) electrons. The van der Waals surface area contributed by atoms with E-state index >= 15 is 0 Å². The topological polar surface area (TPSA) is 76.5 Å². The molecule has 0 bridgehead atoms. The maximum Gasteiger partial charge on any atom is 0.358 e. The molecule has 0 unspecified atom stereocenters. The summed E-state index contributed by atoms with van der Waals surface area (Å²) < 4.78 is 4.90. The Bertz CT molecular complexity index is 663. The Labute approximate surface area is 119 Å². The first-order valence-corrected chi connectivity index (χ1v) is 6.83. The summed E-state index contributed by atoms with van der Waals surface area (Å²) in [5.41, 5.74) is 0.677. The summed E-state index contributed by atoms with van der Waals surface area (Å²) in [6.07, 6.45) is 0. The van der Waals surface area contributed by atoms with Crippen molar-refractivity contribution < 1.29 is 19.4 Å². The molecule has 20 heavy (non-hydrogen) atoms. The van der Waals surface area contributed by atoms with E-state index in [1.807, 2.05) is 0 Å². The number of phenolic OH excluding ortho intramolecular Hbond substituents is 1. The van der Waals surface area contributed by atoms with Gasteiger partial charge in [-0.2, -0.15) is 0 Å². The number of aromatic hydroxyl groups is 1. The molecule has 0 saturated carbocycles. The van der Waals surface area contributed by atoms with Gasteiger partial charge in [-0.05, 0) is 19.1 Å². The number of hydrogen-bond donors (Lipinski definition) is 1. The van der Waals surface area contributed by atoms with Crippen LogP contribution in [-0.4, -0.2) is 28.4 Å². The van der Waals surface area contributed by atoms with Crippen LogP contribution in [0.25, 0.3) is 10.6 Å². The van der Waals surface area contributed by atoms with Crippen LogP contribution in [0.3, 0.4) is 0 Å². The number of thiazole rings is 1. The van der Waals surface area contributed by atoms with Crippen LogP contribution in [-0.2, 0) is 4.74 Å². The van der Waals surface area contributed by atoms with Gasteiger partial charge in [0.1, 0.15) is 15.6 Å². The summed E-state index contributed by atoms with van der Waals surface area (Å²) in [6.45, 7) is 3.28. The van der Waals surface area contributed by atoms with Crippen molar-refractivity contribution in [3.8, 4) is 16.3 Å². The lowest BCUT2D eigenvalue weighted by Gasteiger charge is -1.99. The second-order valence-corrected chi connectivity index (χ2v) is 5.02. The van der Waals surface area contributed by atoms with Crippen LogP contribution in [0.15, 0.2) is 24.3 Å². The Morgan fingerprint density at radius 3 is 2.75 bits per heavy atom. The fourth-order valence-electron chi connectivity index (χ4n) is 1.66. The smallest absolute Gasteiger partial charge is 0.358 e. The summed E-state index contributed by atoms with van der Waals surface area (Å²) in [5.74, 6) is -0.753. The first-order valence-electron chi connectivity index (χ1n) is 6.01. The molecular weight excluding hydrogens is 278 g/mol. The van der Waals surface area contributed by atoms with Crippen LogP contribution in [0.5, 0.6) is 5.75 Å². The lowest BCUT2D eigenvalue weighted by molar-refractivity contribution is 0.0517. The number of hydrogen-bond acceptors (Lipinski definition) is 6. The lowest BCUT2D eigenvalue weighted by Crippen LogP contribution is -2.09. The average Bonchev–Trinajstić information content (AvgIpc) is 2.84. The number of phenols is 1. The normalized spacial score (nSPS) is 10.3. The van der Waals surface area contributed by atoms with Crippen LogP contribution in [0.1, 0.15) is 34.0 Å². The van der Waals surface area contributed by atoms with Gasteiger partial charge in [-0.3, -0.25) is 4.79 Å². The molecule has 0 amide bonds. The predicted octanol–water partition coefficient (Wildman–Crippen LogP) is 2.90. The van der Waals surface area contributed by atoms with Gasteiger partial charge in [-0.1, -0.05) is 12.1 Å². The highest BCUT2D eigenvalue weighted by Gasteiger charge is 2.22. The molecule has 0 atom stereocenters. The molecule has 1 heterocycles. The van der Waals surface area contributed by atoms with Crippen molar-refractivity contribution in [2.75, 3.05) is 6.61 Å². The van der Waals surface area contributed by atoms with Crippen LogP contribution < -0.4 is 0 Å². The Balaban J connectivity index is 2.49. The zero-order valence-corrected chi connectivity index (χ0v) is 11.9. The highest BCUT2D eigenvalue weighted by atomic mass is 32.1. The standard InChI is InChI=1S/C14H13NO4S/c1-3-19-14(18)11-12(8(2)16)20-13(15-11)9-5-4-6-10(17)7-9/h4-7,17H,3H2,1-2H3. The zero-order valence-electron chi connectivity index (χ0n) is 11.0. The summed E-state index contributed by atoms with van der Waals surface area (Å²) in [5, 5.41) is 9.97. The monoisotopic (exact) mass is 291 g/mol. The van der Waals surface area contributed by atoms with Gasteiger partial charge in [0.25, 0.3) is 0 Å². The Hall–Kier alpha value is -2.21. The average molecular weight is 291 g/mol. The van der Waals surface area contributed by atoms with E-state index in [0.29, 0.717) is 10.6 Å². The summed E-state index contributed by atoms with van der Waals surface area (Å²) >= 11 is 1.11. The van der Waals surface area contributed by atoms with E-state index in [0.717, 1.165) is 11.3 Å². The molecule has 0 spiro atoms. The quantitative estimate of drug-likeness (QED) is 0.692. The van der Waals surface area contributed by atoms with Crippen LogP contribution in [0, 0.1) is 0 Å². The second kappa shape index (κ2) is 5.83. The van der Waals surface area contributed by atoms with Gasteiger partial charge >= 0.3 is 5.97 Å². The van der Waals surface area contributed by atoms with Crippen molar-refractivity contribution in [2.45, 2.75) is 13.8 Å². The minimum absolute atomic E-state index is 0.0303. The number of Topliss-reactive ketones (excluding diaryl/α,β-unsaturated/α-hetero) is 1. The van der Waals surface area contributed by atoms with E-state index in [2.05, 4.69) is 4.98 Å². The van der Waals surface area contributed by atoms with E-state index in [9.17, 15) is 14.7 Å². The maximum absolute atomic E-state index is 11.8. The van der Waals surface area contributed by atoms with Crippen molar-refractivity contribution in [3.05, 3.63) is 34.8 Å². The summed E-state index contributed by atoms with van der Waals surface area (Å²) in [4.78, 5) is 27.8. The Morgan fingerprint density at radius 1 is 1.40 bits per heavy atom. The number of carbonyl (C=O) groups excluding carboxylic acids is 2. The zero-order chi connectivity index (χ0) is 14.7. The van der Waals surface area contributed by atoms with Crippen LogP contribution in [0.4, 0.5) is 0 Å². The van der Waals surface area contributed by atoms with Gasteiger partial charge in [0.15, 0.2) is 11.5 Å². The molecule has 104 valence electrons. The molecule has 2 rings (SSSR count). The maximum atomic E-state index is 11.8. The SMILES string of the molecule is CCOC(=O)c1nc(-c2cccc(O)c2)sc1C(C)=O. The third-order valence-electron chi connectivity index (χ3n) is 2.51. The molecule has 1 aromatic carbocycles. The number of aromatic nitrogens is 1. The van der Waals surface area contributed by atoms with Gasteiger partial charge in [-0.25, -0.2) is 9.78 Å². The predicted molar refractivity (Wildman–Crippen MR) is 75.2 cm³/mol. The summed E-state index contributed by atoms with van der Waals surface area (Å²) in [7, 11) is 0. The fourth-order valence-corrected chi connectivity index (χ4v) is 2.60. The van der Waals surface area contributed by atoms with Crippen molar-refractivity contribution >= 4 is 23.1 Å². The van der Waals surface area contributed by atoms with Gasteiger partial charge in [0.2, 0.25) is 0 Å². The molecule has 1 aromatic heterocycles. The van der Waals surface area contributed by atoms with Gasteiger partial charge in [0.05, 0.1) is 6.61 Å².